The first kappa shape index (κ1) is 21.0. The number of hydrogen-bond donors (Lipinski definition) is 2. The summed E-state index contributed by atoms with van der Waals surface area (Å²) in [7, 11) is 0. The summed E-state index contributed by atoms with van der Waals surface area (Å²) < 4.78 is 0. The van der Waals surface area contributed by atoms with Crippen LogP contribution >= 0.6 is 36.2 Å². The fraction of sp³-hybridized carbons (Fsp3) is 0.722. The molecule has 1 spiro atoms. The molecular formula is C18H29Cl2N3OS. The molecule has 7 heteroatoms. The summed E-state index contributed by atoms with van der Waals surface area (Å²) in [5.74, 6) is 0.577. The highest BCUT2D eigenvalue weighted by atomic mass is 35.5. The summed E-state index contributed by atoms with van der Waals surface area (Å²) in [5.41, 5.74) is 1.82. The summed E-state index contributed by atoms with van der Waals surface area (Å²) in [6, 6.07) is 2.66. The van der Waals surface area contributed by atoms with Crippen LogP contribution in [0.1, 0.15) is 36.6 Å². The first-order valence-corrected chi connectivity index (χ1v) is 9.84. The van der Waals surface area contributed by atoms with Gasteiger partial charge in [0.05, 0.1) is 0 Å². The zero-order valence-corrected chi connectivity index (χ0v) is 17.2. The van der Waals surface area contributed by atoms with E-state index in [2.05, 4.69) is 33.9 Å². The van der Waals surface area contributed by atoms with Crippen LogP contribution in [-0.4, -0.2) is 43.0 Å². The maximum Gasteiger partial charge on any atom is 0.223 e. The summed E-state index contributed by atoms with van der Waals surface area (Å²) >= 11 is 1.88. The average molecular weight is 406 g/mol. The summed E-state index contributed by atoms with van der Waals surface area (Å²) in [4.78, 5) is 16.5. The fourth-order valence-electron chi connectivity index (χ4n) is 4.34. The molecule has 0 aromatic carbocycles. The Morgan fingerprint density at radius 3 is 2.96 bits per heavy atom. The number of thiophene rings is 1. The van der Waals surface area contributed by atoms with Crippen molar-refractivity contribution in [2.24, 2.45) is 11.3 Å². The molecule has 2 fully saturated rings. The van der Waals surface area contributed by atoms with Crippen LogP contribution in [0.3, 0.4) is 0 Å². The Bertz CT molecular complexity index is 589. The van der Waals surface area contributed by atoms with E-state index in [9.17, 15) is 4.79 Å². The van der Waals surface area contributed by atoms with Gasteiger partial charge >= 0.3 is 0 Å². The highest BCUT2D eigenvalue weighted by Crippen LogP contribution is 2.58. The minimum Gasteiger partial charge on any atom is -0.354 e. The SMILES string of the molecule is CC(CNC(=O)C1CC12CCNCC2)N1CCc2sccc2C1.Cl.Cl. The van der Waals surface area contributed by atoms with E-state index in [-0.39, 0.29) is 30.7 Å². The molecule has 1 aromatic rings. The number of piperidine rings is 1. The molecular weight excluding hydrogens is 377 g/mol. The van der Waals surface area contributed by atoms with Crippen LogP contribution < -0.4 is 10.6 Å². The number of amides is 1. The molecule has 3 aliphatic rings. The zero-order valence-electron chi connectivity index (χ0n) is 14.8. The molecule has 2 N–H and O–H groups in total. The second-order valence-electron chi connectivity index (χ2n) is 7.55. The lowest BCUT2D eigenvalue weighted by Crippen LogP contribution is -2.44. The van der Waals surface area contributed by atoms with Gasteiger partial charge in [0.1, 0.15) is 0 Å². The van der Waals surface area contributed by atoms with Crippen LogP contribution in [0.4, 0.5) is 0 Å². The quantitative estimate of drug-likeness (QED) is 0.808. The minimum atomic E-state index is 0. The van der Waals surface area contributed by atoms with Crippen LogP contribution in [0.15, 0.2) is 11.4 Å². The number of hydrogen-bond acceptors (Lipinski definition) is 4. The predicted molar refractivity (Wildman–Crippen MR) is 108 cm³/mol. The van der Waals surface area contributed by atoms with Crippen molar-refractivity contribution in [1.29, 1.82) is 0 Å². The Morgan fingerprint density at radius 2 is 2.20 bits per heavy atom. The van der Waals surface area contributed by atoms with E-state index >= 15 is 0 Å². The second-order valence-corrected chi connectivity index (χ2v) is 8.55. The number of rotatable bonds is 4. The van der Waals surface area contributed by atoms with Crippen molar-refractivity contribution in [3.8, 4) is 0 Å². The summed E-state index contributed by atoms with van der Waals surface area (Å²) in [6.45, 7) is 7.33. The first-order valence-electron chi connectivity index (χ1n) is 8.96. The van der Waals surface area contributed by atoms with Crippen LogP contribution in [-0.2, 0) is 17.8 Å². The number of carbonyl (C=O) groups excluding carboxylic acids is 1. The highest BCUT2D eigenvalue weighted by molar-refractivity contribution is 7.10. The molecule has 3 heterocycles. The Morgan fingerprint density at radius 1 is 1.44 bits per heavy atom. The number of nitrogens with zero attached hydrogens (tertiary/aromatic N) is 1. The standard InChI is InChI=1S/C18H27N3OS.2ClH/c1-13(21-8-2-16-14(12-21)3-9-23-16)11-20-17(22)15-10-18(15)4-6-19-7-5-18;;/h3,9,13,15,19H,2,4-8,10-12H2,1H3,(H,20,22);2*1H. The fourth-order valence-corrected chi connectivity index (χ4v) is 5.23. The third-order valence-corrected chi connectivity index (χ3v) is 7.16. The van der Waals surface area contributed by atoms with Crippen LogP contribution in [0.25, 0.3) is 0 Å². The van der Waals surface area contributed by atoms with E-state index in [1.54, 1.807) is 4.88 Å². The third kappa shape index (κ3) is 4.33. The first-order chi connectivity index (χ1) is 11.2. The van der Waals surface area contributed by atoms with Crippen molar-refractivity contribution in [2.45, 2.75) is 45.2 Å². The molecule has 0 bridgehead atoms. The number of halogens is 2. The molecule has 1 saturated heterocycles. The van der Waals surface area contributed by atoms with Crippen molar-refractivity contribution >= 4 is 42.1 Å². The van der Waals surface area contributed by atoms with Gasteiger partial charge in [-0.15, -0.1) is 36.2 Å². The predicted octanol–water partition coefficient (Wildman–Crippen LogP) is 2.84. The van der Waals surface area contributed by atoms with E-state index in [1.165, 1.54) is 18.4 Å². The molecule has 0 radical (unpaired) electrons. The molecule has 4 nitrogen and oxygen atoms in total. The summed E-state index contributed by atoms with van der Waals surface area (Å²) in [5, 5.41) is 8.83. The molecule has 1 amide bonds. The molecule has 25 heavy (non-hydrogen) atoms. The molecule has 1 aromatic heterocycles. The summed E-state index contributed by atoms with van der Waals surface area (Å²) in [6.07, 6.45) is 4.61. The Hall–Kier alpha value is -0.330. The van der Waals surface area contributed by atoms with Gasteiger partial charge in [-0.25, -0.2) is 0 Å². The van der Waals surface area contributed by atoms with Crippen molar-refractivity contribution in [2.75, 3.05) is 26.2 Å². The van der Waals surface area contributed by atoms with E-state index in [4.69, 9.17) is 0 Å². The van der Waals surface area contributed by atoms with Crippen LogP contribution in [0, 0.1) is 11.3 Å². The topological polar surface area (TPSA) is 44.4 Å². The monoisotopic (exact) mass is 405 g/mol. The maximum absolute atomic E-state index is 12.5. The van der Waals surface area contributed by atoms with Gasteiger partial charge in [-0.2, -0.15) is 0 Å². The van der Waals surface area contributed by atoms with Gasteiger partial charge in [-0.1, -0.05) is 0 Å². The average Bonchev–Trinajstić information content (AvgIpc) is 3.06. The van der Waals surface area contributed by atoms with Gasteiger partial charge in [-0.3, -0.25) is 9.69 Å². The molecule has 2 atom stereocenters. The normalized spacial score (nSPS) is 25.2. The van der Waals surface area contributed by atoms with E-state index < -0.39 is 0 Å². The van der Waals surface area contributed by atoms with Gasteiger partial charge in [-0.05, 0) is 68.1 Å². The lowest BCUT2D eigenvalue weighted by atomic mass is 9.92. The Kier molecular flexibility index (Phi) is 7.19. The lowest BCUT2D eigenvalue weighted by Gasteiger charge is -2.32. The molecule has 1 aliphatic carbocycles. The molecule has 1 saturated carbocycles. The molecule has 4 rings (SSSR count). The van der Waals surface area contributed by atoms with Gasteiger partial charge in [0.15, 0.2) is 0 Å². The van der Waals surface area contributed by atoms with Gasteiger partial charge < -0.3 is 10.6 Å². The Balaban J connectivity index is 0.00000113. The highest BCUT2D eigenvalue weighted by Gasteiger charge is 2.57. The molecule has 2 unspecified atom stereocenters. The number of nitrogens with one attached hydrogen (secondary N) is 2. The van der Waals surface area contributed by atoms with Crippen LogP contribution in [0.2, 0.25) is 0 Å². The molecule has 2 aliphatic heterocycles. The smallest absolute Gasteiger partial charge is 0.223 e. The van der Waals surface area contributed by atoms with Gasteiger partial charge in [0, 0.05) is 36.5 Å². The van der Waals surface area contributed by atoms with Crippen molar-refractivity contribution in [1.82, 2.24) is 15.5 Å². The van der Waals surface area contributed by atoms with E-state index in [0.29, 0.717) is 17.4 Å². The number of fused-ring (bicyclic) bond motifs is 1. The maximum atomic E-state index is 12.5. The minimum absolute atomic E-state index is 0. The zero-order chi connectivity index (χ0) is 15.9. The lowest BCUT2D eigenvalue weighted by molar-refractivity contribution is -0.123. The van der Waals surface area contributed by atoms with Gasteiger partial charge in [0.2, 0.25) is 5.91 Å². The van der Waals surface area contributed by atoms with E-state index in [0.717, 1.165) is 45.6 Å². The second kappa shape index (κ2) is 8.57. The molecule has 142 valence electrons. The Labute approximate surface area is 166 Å². The van der Waals surface area contributed by atoms with Crippen molar-refractivity contribution in [3.63, 3.8) is 0 Å². The largest absolute Gasteiger partial charge is 0.354 e. The van der Waals surface area contributed by atoms with Crippen LogP contribution in [0.5, 0.6) is 0 Å². The van der Waals surface area contributed by atoms with Crippen molar-refractivity contribution in [3.05, 3.63) is 21.9 Å². The third-order valence-electron chi connectivity index (χ3n) is 6.14. The van der Waals surface area contributed by atoms with Gasteiger partial charge in [0.25, 0.3) is 0 Å². The van der Waals surface area contributed by atoms with Crippen molar-refractivity contribution < 1.29 is 4.79 Å². The van der Waals surface area contributed by atoms with E-state index in [1.807, 2.05) is 11.3 Å². The number of carbonyl (C=O) groups is 1.